The Morgan fingerprint density at radius 2 is 2.10 bits per heavy atom. The summed E-state index contributed by atoms with van der Waals surface area (Å²) in [6.45, 7) is 0. The zero-order valence-electron chi connectivity index (χ0n) is 14.9. The number of carbonyl (C=O) groups is 3. The number of hydrogen-bond acceptors (Lipinski definition) is 8. The number of amides is 2. The van der Waals surface area contributed by atoms with Crippen molar-refractivity contribution in [2.75, 3.05) is 11.5 Å². The SMILES string of the molecule is Nc1ncc(SC2=C(C(=O)O)N3C(=O)[C@@H](NC(=O)Cc4ccccc4)[C@H]3SC2)s1. The van der Waals surface area contributed by atoms with E-state index in [-0.39, 0.29) is 18.0 Å². The molecule has 4 N–H and O–H groups in total. The highest BCUT2D eigenvalue weighted by atomic mass is 32.2. The fourth-order valence-corrected chi connectivity index (χ4v) is 6.52. The van der Waals surface area contributed by atoms with Gasteiger partial charge in [-0.3, -0.25) is 14.5 Å². The van der Waals surface area contributed by atoms with E-state index in [1.54, 1.807) is 6.20 Å². The minimum atomic E-state index is -1.17. The van der Waals surface area contributed by atoms with Crippen LogP contribution in [0.5, 0.6) is 0 Å². The number of nitrogens with zero attached hydrogens (tertiary/aromatic N) is 2. The zero-order valence-corrected chi connectivity index (χ0v) is 17.4. The summed E-state index contributed by atoms with van der Waals surface area (Å²) in [6, 6.07) is 8.50. The van der Waals surface area contributed by atoms with Crippen molar-refractivity contribution in [2.45, 2.75) is 22.0 Å². The number of thioether (sulfide) groups is 2. The van der Waals surface area contributed by atoms with Gasteiger partial charge in [0.2, 0.25) is 5.91 Å². The van der Waals surface area contributed by atoms with Crippen LogP contribution in [0.2, 0.25) is 0 Å². The third kappa shape index (κ3) is 3.98. The van der Waals surface area contributed by atoms with Gasteiger partial charge in [0.25, 0.3) is 5.91 Å². The summed E-state index contributed by atoms with van der Waals surface area (Å²) in [5, 5.41) is 12.4. The first-order valence-corrected chi connectivity index (χ1v) is 11.3. The summed E-state index contributed by atoms with van der Waals surface area (Å²) in [5.74, 6) is -1.43. The van der Waals surface area contributed by atoms with Crippen molar-refractivity contribution in [3.8, 4) is 0 Å². The van der Waals surface area contributed by atoms with E-state index < -0.39 is 23.3 Å². The number of carbonyl (C=O) groups excluding carboxylic acids is 2. The number of thiazole rings is 1. The van der Waals surface area contributed by atoms with E-state index in [2.05, 4.69) is 10.3 Å². The van der Waals surface area contributed by atoms with Crippen LogP contribution in [0, 0.1) is 0 Å². The van der Waals surface area contributed by atoms with Gasteiger partial charge in [0, 0.05) is 10.7 Å². The molecule has 2 aliphatic heterocycles. The number of β-lactam (4-membered cyclic amide) rings is 1. The predicted molar refractivity (Wildman–Crippen MR) is 112 cm³/mol. The lowest BCUT2D eigenvalue weighted by molar-refractivity contribution is -0.150. The Balaban J connectivity index is 1.47. The molecule has 1 fully saturated rings. The van der Waals surface area contributed by atoms with E-state index in [4.69, 9.17) is 5.73 Å². The van der Waals surface area contributed by atoms with Gasteiger partial charge in [-0.05, 0) is 5.56 Å². The molecule has 8 nitrogen and oxygen atoms in total. The molecule has 0 saturated carbocycles. The Hall–Kier alpha value is -2.50. The molecule has 0 unspecified atom stereocenters. The molecule has 29 heavy (non-hydrogen) atoms. The molecule has 150 valence electrons. The topological polar surface area (TPSA) is 126 Å². The first-order chi connectivity index (χ1) is 13.9. The number of anilines is 1. The van der Waals surface area contributed by atoms with Gasteiger partial charge in [0.1, 0.15) is 17.1 Å². The monoisotopic (exact) mass is 448 g/mol. The Morgan fingerprint density at radius 1 is 1.34 bits per heavy atom. The molecule has 0 spiro atoms. The fraction of sp³-hybridized carbons (Fsp3) is 0.222. The molecule has 2 amide bonds. The zero-order chi connectivity index (χ0) is 20.5. The van der Waals surface area contributed by atoms with Crippen LogP contribution < -0.4 is 11.1 Å². The minimum absolute atomic E-state index is 0.0377. The van der Waals surface area contributed by atoms with Crippen LogP contribution in [0.25, 0.3) is 0 Å². The molecule has 2 aromatic rings. The number of nitrogen functional groups attached to an aromatic ring is 1. The number of hydrogen-bond donors (Lipinski definition) is 3. The molecule has 11 heteroatoms. The van der Waals surface area contributed by atoms with Gasteiger partial charge in [-0.15, -0.1) is 11.8 Å². The second-order valence-corrected chi connectivity index (χ2v) is 9.88. The number of fused-ring (bicyclic) bond motifs is 1. The van der Waals surface area contributed by atoms with Gasteiger partial charge in [0.05, 0.1) is 16.8 Å². The molecule has 0 radical (unpaired) electrons. The number of nitrogens with two attached hydrogens (primary N) is 1. The lowest BCUT2D eigenvalue weighted by atomic mass is 10.0. The maximum Gasteiger partial charge on any atom is 0.353 e. The van der Waals surface area contributed by atoms with Gasteiger partial charge in [-0.25, -0.2) is 9.78 Å². The van der Waals surface area contributed by atoms with E-state index >= 15 is 0 Å². The molecule has 1 aromatic heterocycles. The molecule has 3 heterocycles. The van der Waals surface area contributed by atoms with Crippen LogP contribution in [0.15, 0.2) is 51.3 Å². The van der Waals surface area contributed by atoms with Crippen LogP contribution in [0.1, 0.15) is 5.56 Å². The van der Waals surface area contributed by atoms with Crippen molar-refractivity contribution < 1.29 is 19.5 Å². The lowest BCUT2D eigenvalue weighted by Gasteiger charge is -2.49. The van der Waals surface area contributed by atoms with Gasteiger partial charge < -0.3 is 16.2 Å². The summed E-state index contributed by atoms with van der Waals surface area (Å²) in [4.78, 5) is 42.6. The maximum absolute atomic E-state index is 12.7. The average molecular weight is 449 g/mol. The number of carboxylic acids is 1. The maximum atomic E-state index is 12.7. The minimum Gasteiger partial charge on any atom is -0.477 e. The van der Waals surface area contributed by atoms with Crippen LogP contribution in [-0.4, -0.2) is 49.9 Å². The molecular formula is C18H16N4O4S3. The van der Waals surface area contributed by atoms with Crippen molar-refractivity contribution in [3.63, 3.8) is 0 Å². The quantitative estimate of drug-likeness (QED) is 0.571. The molecule has 2 atom stereocenters. The second-order valence-electron chi connectivity index (χ2n) is 6.31. The Labute approximate surface area is 178 Å². The Morgan fingerprint density at radius 3 is 2.76 bits per heavy atom. The third-order valence-electron chi connectivity index (χ3n) is 4.39. The normalized spacial score (nSPS) is 20.8. The number of carboxylic acid groups (broad SMARTS) is 1. The molecule has 2 aliphatic rings. The summed E-state index contributed by atoms with van der Waals surface area (Å²) >= 11 is 3.94. The number of nitrogens with one attached hydrogen (secondary N) is 1. The van der Waals surface area contributed by atoms with Crippen molar-refractivity contribution in [1.82, 2.24) is 15.2 Å². The van der Waals surface area contributed by atoms with Gasteiger partial charge >= 0.3 is 5.97 Å². The molecule has 4 rings (SSSR count). The number of aromatic nitrogens is 1. The first-order valence-electron chi connectivity index (χ1n) is 8.57. The highest BCUT2D eigenvalue weighted by Crippen LogP contribution is 2.46. The van der Waals surface area contributed by atoms with E-state index in [1.807, 2.05) is 30.3 Å². The van der Waals surface area contributed by atoms with E-state index in [0.717, 1.165) is 9.77 Å². The van der Waals surface area contributed by atoms with Crippen molar-refractivity contribution in [2.24, 2.45) is 0 Å². The second kappa shape index (κ2) is 8.09. The highest BCUT2D eigenvalue weighted by molar-refractivity contribution is 8.07. The van der Waals surface area contributed by atoms with Crippen molar-refractivity contribution in [1.29, 1.82) is 0 Å². The predicted octanol–water partition coefficient (Wildman–Crippen LogP) is 1.76. The average Bonchev–Trinajstić information content (AvgIpc) is 3.11. The smallest absolute Gasteiger partial charge is 0.353 e. The number of benzene rings is 1. The summed E-state index contributed by atoms with van der Waals surface area (Å²) in [5.41, 5.74) is 6.44. The van der Waals surface area contributed by atoms with E-state index in [9.17, 15) is 19.5 Å². The summed E-state index contributed by atoms with van der Waals surface area (Å²) in [7, 11) is 0. The summed E-state index contributed by atoms with van der Waals surface area (Å²) < 4.78 is 0.760. The lowest BCUT2D eigenvalue weighted by Crippen LogP contribution is -2.70. The standard InChI is InChI=1S/C18H16N4O4S3/c19-18-20-7-12(29-18)28-10-8-27-16-13(15(24)22(16)14(10)17(25)26)21-11(23)6-9-4-2-1-3-5-9/h1-5,7,13,16H,6,8H2,(H2,19,20)(H,21,23)(H,25,26)/t13-,16-/m1/s1. The van der Waals surface area contributed by atoms with Crippen LogP contribution >= 0.6 is 34.9 Å². The Bertz CT molecular complexity index is 1010. The van der Waals surface area contributed by atoms with Gasteiger partial charge in [0.15, 0.2) is 5.13 Å². The molecule has 0 aliphatic carbocycles. The van der Waals surface area contributed by atoms with Crippen LogP contribution in [-0.2, 0) is 20.8 Å². The van der Waals surface area contributed by atoms with E-state index in [0.29, 0.717) is 15.8 Å². The van der Waals surface area contributed by atoms with Crippen LogP contribution in [0.3, 0.4) is 0 Å². The van der Waals surface area contributed by atoms with Gasteiger partial charge in [-0.1, -0.05) is 53.4 Å². The largest absolute Gasteiger partial charge is 0.477 e. The van der Waals surface area contributed by atoms with Gasteiger partial charge in [-0.2, -0.15) is 0 Å². The van der Waals surface area contributed by atoms with Crippen LogP contribution in [0.4, 0.5) is 5.13 Å². The summed E-state index contributed by atoms with van der Waals surface area (Å²) in [6.07, 6.45) is 1.75. The fourth-order valence-electron chi connectivity index (χ4n) is 3.12. The van der Waals surface area contributed by atoms with E-state index in [1.165, 1.54) is 39.8 Å². The molecule has 1 aromatic carbocycles. The molecular weight excluding hydrogens is 432 g/mol. The number of aliphatic carboxylic acids is 1. The highest BCUT2D eigenvalue weighted by Gasteiger charge is 2.54. The van der Waals surface area contributed by atoms with Crippen molar-refractivity contribution >= 4 is 57.8 Å². The third-order valence-corrected chi connectivity index (χ3v) is 7.86. The Kier molecular flexibility index (Phi) is 5.52. The molecule has 0 bridgehead atoms. The first kappa shape index (κ1) is 19.8. The number of rotatable bonds is 6. The van der Waals surface area contributed by atoms with Crippen molar-refractivity contribution in [3.05, 3.63) is 52.7 Å². The molecule has 1 saturated heterocycles.